The highest BCUT2D eigenvalue weighted by atomic mass is 79.9. The molecule has 1 amide bonds. The van der Waals surface area contributed by atoms with E-state index in [1.807, 2.05) is 17.0 Å². The lowest BCUT2D eigenvalue weighted by Gasteiger charge is -2.36. The van der Waals surface area contributed by atoms with Gasteiger partial charge in [0.15, 0.2) is 0 Å². The van der Waals surface area contributed by atoms with Crippen LogP contribution < -0.4 is 0 Å². The summed E-state index contributed by atoms with van der Waals surface area (Å²) in [6.45, 7) is 6.18. The van der Waals surface area contributed by atoms with Gasteiger partial charge >= 0.3 is 0 Å². The first-order valence-corrected chi connectivity index (χ1v) is 6.69. The van der Waals surface area contributed by atoms with Gasteiger partial charge in [-0.25, -0.2) is 4.98 Å². The maximum atomic E-state index is 12.2. The summed E-state index contributed by atoms with van der Waals surface area (Å²) in [6, 6.07) is 5.45. The summed E-state index contributed by atoms with van der Waals surface area (Å²) in [7, 11) is 0. The van der Waals surface area contributed by atoms with Gasteiger partial charge in [-0.3, -0.25) is 4.79 Å². The maximum Gasteiger partial charge on any atom is 0.272 e. The molecule has 3 nitrogen and oxygen atoms in total. The lowest BCUT2D eigenvalue weighted by molar-refractivity contribution is 0.0624. The van der Waals surface area contributed by atoms with Crippen molar-refractivity contribution in [3.05, 3.63) is 28.5 Å². The zero-order valence-electron chi connectivity index (χ0n) is 10.2. The molecule has 0 atom stereocenters. The fourth-order valence-corrected chi connectivity index (χ4v) is 2.35. The molecule has 17 heavy (non-hydrogen) atoms. The van der Waals surface area contributed by atoms with E-state index in [9.17, 15) is 4.79 Å². The molecule has 0 spiro atoms. The molecule has 4 heteroatoms. The molecule has 0 bridgehead atoms. The van der Waals surface area contributed by atoms with Crippen molar-refractivity contribution in [3.8, 4) is 0 Å². The van der Waals surface area contributed by atoms with Crippen molar-refractivity contribution < 1.29 is 4.79 Å². The van der Waals surface area contributed by atoms with Gasteiger partial charge in [0.2, 0.25) is 0 Å². The van der Waals surface area contributed by atoms with Gasteiger partial charge < -0.3 is 4.90 Å². The van der Waals surface area contributed by atoms with Gasteiger partial charge in [-0.05, 0) is 46.3 Å². The van der Waals surface area contributed by atoms with Crippen LogP contribution >= 0.6 is 15.9 Å². The molecule has 1 aliphatic rings. The van der Waals surface area contributed by atoms with E-state index in [0.29, 0.717) is 15.7 Å². The van der Waals surface area contributed by atoms with Crippen LogP contribution in [0.15, 0.2) is 22.8 Å². The summed E-state index contributed by atoms with van der Waals surface area (Å²) < 4.78 is 0.709. The summed E-state index contributed by atoms with van der Waals surface area (Å²) in [5.74, 6) is 0.0433. The van der Waals surface area contributed by atoms with Crippen LogP contribution in [-0.4, -0.2) is 28.9 Å². The Morgan fingerprint density at radius 2 is 2.00 bits per heavy atom. The minimum absolute atomic E-state index is 0.0433. The summed E-state index contributed by atoms with van der Waals surface area (Å²) in [5.41, 5.74) is 0.890. The number of nitrogens with zero attached hydrogens (tertiary/aromatic N) is 2. The lowest BCUT2D eigenvalue weighted by Crippen LogP contribution is -2.41. The average Bonchev–Trinajstić information content (AvgIpc) is 2.28. The number of piperidine rings is 1. The Hall–Kier alpha value is -0.900. The second-order valence-corrected chi connectivity index (χ2v) is 6.11. The topological polar surface area (TPSA) is 33.2 Å². The second kappa shape index (κ2) is 4.77. The molecule has 0 aliphatic carbocycles. The molecule has 1 aromatic heterocycles. The van der Waals surface area contributed by atoms with E-state index in [0.717, 1.165) is 25.9 Å². The second-order valence-electron chi connectivity index (χ2n) is 5.30. The van der Waals surface area contributed by atoms with Gasteiger partial charge in [-0.1, -0.05) is 19.9 Å². The smallest absolute Gasteiger partial charge is 0.272 e. The van der Waals surface area contributed by atoms with E-state index in [1.165, 1.54) is 0 Å². The third-order valence-corrected chi connectivity index (χ3v) is 3.78. The molecule has 0 N–H and O–H groups in total. The number of hydrogen-bond donors (Lipinski definition) is 0. The normalized spacial score (nSPS) is 19.1. The summed E-state index contributed by atoms with van der Waals surface area (Å²) in [5, 5.41) is 0. The Balaban J connectivity index is 2.07. The number of hydrogen-bond acceptors (Lipinski definition) is 2. The average molecular weight is 297 g/mol. The van der Waals surface area contributed by atoms with Gasteiger partial charge in [0.25, 0.3) is 5.91 Å². The number of carbonyl (C=O) groups is 1. The van der Waals surface area contributed by atoms with Crippen molar-refractivity contribution in [1.82, 2.24) is 9.88 Å². The van der Waals surface area contributed by atoms with Gasteiger partial charge in [0, 0.05) is 13.1 Å². The van der Waals surface area contributed by atoms with E-state index in [1.54, 1.807) is 6.07 Å². The van der Waals surface area contributed by atoms with Crippen molar-refractivity contribution >= 4 is 21.8 Å². The van der Waals surface area contributed by atoms with Crippen molar-refractivity contribution in [2.45, 2.75) is 26.7 Å². The van der Waals surface area contributed by atoms with Crippen molar-refractivity contribution in [3.63, 3.8) is 0 Å². The highest BCUT2D eigenvalue weighted by molar-refractivity contribution is 9.10. The molecule has 0 unspecified atom stereocenters. The quantitative estimate of drug-likeness (QED) is 0.746. The molecule has 1 aliphatic heterocycles. The van der Waals surface area contributed by atoms with Crippen LogP contribution in [0.1, 0.15) is 37.2 Å². The SMILES string of the molecule is CC1(C)CCN(C(=O)c2cccc(Br)n2)CC1. The number of likely N-dealkylation sites (tertiary alicyclic amines) is 1. The lowest BCUT2D eigenvalue weighted by atomic mass is 9.82. The monoisotopic (exact) mass is 296 g/mol. The largest absolute Gasteiger partial charge is 0.337 e. The molecule has 0 radical (unpaired) electrons. The van der Waals surface area contributed by atoms with E-state index >= 15 is 0 Å². The molecule has 1 fully saturated rings. The third-order valence-electron chi connectivity index (χ3n) is 3.34. The van der Waals surface area contributed by atoms with Crippen LogP contribution in [0, 0.1) is 5.41 Å². The van der Waals surface area contributed by atoms with Crippen LogP contribution in [0.2, 0.25) is 0 Å². The maximum absolute atomic E-state index is 12.2. The van der Waals surface area contributed by atoms with Crippen LogP contribution in [0.4, 0.5) is 0 Å². The van der Waals surface area contributed by atoms with Crippen LogP contribution in [0.25, 0.3) is 0 Å². The van der Waals surface area contributed by atoms with Gasteiger partial charge in [0.1, 0.15) is 10.3 Å². The minimum Gasteiger partial charge on any atom is -0.337 e. The Morgan fingerprint density at radius 3 is 2.59 bits per heavy atom. The van der Waals surface area contributed by atoms with E-state index in [-0.39, 0.29) is 5.91 Å². The van der Waals surface area contributed by atoms with Crippen LogP contribution in [0.5, 0.6) is 0 Å². The molecule has 0 aromatic carbocycles. The van der Waals surface area contributed by atoms with Gasteiger partial charge in [-0.2, -0.15) is 0 Å². The van der Waals surface area contributed by atoms with Crippen LogP contribution in [-0.2, 0) is 0 Å². The number of amides is 1. The molecule has 2 rings (SSSR count). The van der Waals surface area contributed by atoms with E-state index in [2.05, 4.69) is 34.8 Å². The van der Waals surface area contributed by atoms with Gasteiger partial charge in [-0.15, -0.1) is 0 Å². The molecular formula is C13H17BrN2O. The predicted molar refractivity (Wildman–Crippen MR) is 70.9 cm³/mol. The number of rotatable bonds is 1. The first kappa shape index (κ1) is 12.6. The first-order chi connectivity index (χ1) is 7.98. The zero-order valence-corrected chi connectivity index (χ0v) is 11.8. The minimum atomic E-state index is 0.0433. The Morgan fingerprint density at radius 1 is 1.35 bits per heavy atom. The highest BCUT2D eigenvalue weighted by Gasteiger charge is 2.28. The molecule has 1 aromatic rings. The first-order valence-electron chi connectivity index (χ1n) is 5.90. The van der Waals surface area contributed by atoms with E-state index in [4.69, 9.17) is 0 Å². The van der Waals surface area contributed by atoms with Crippen molar-refractivity contribution in [2.75, 3.05) is 13.1 Å². The van der Waals surface area contributed by atoms with Crippen molar-refractivity contribution in [2.24, 2.45) is 5.41 Å². The zero-order chi connectivity index (χ0) is 12.5. The number of carbonyl (C=O) groups excluding carboxylic acids is 1. The van der Waals surface area contributed by atoms with Crippen LogP contribution in [0.3, 0.4) is 0 Å². The standard InChI is InChI=1S/C13H17BrN2O/c1-13(2)6-8-16(9-7-13)12(17)10-4-3-5-11(14)15-10/h3-5H,6-9H2,1-2H3. The Bertz CT molecular complexity index is 421. The summed E-state index contributed by atoms with van der Waals surface area (Å²) in [4.78, 5) is 18.3. The third kappa shape index (κ3) is 3.06. The molecule has 92 valence electrons. The molecular weight excluding hydrogens is 280 g/mol. The number of halogens is 1. The Labute approximate surface area is 110 Å². The summed E-state index contributed by atoms with van der Waals surface area (Å²) >= 11 is 3.29. The number of aromatic nitrogens is 1. The molecule has 0 saturated carbocycles. The number of pyridine rings is 1. The van der Waals surface area contributed by atoms with Gasteiger partial charge in [0.05, 0.1) is 0 Å². The molecule has 2 heterocycles. The fraction of sp³-hybridized carbons (Fsp3) is 0.538. The van der Waals surface area contributed by atoms with Crippen molar-refractivity contribution in [1.29, 1.82) is 0 Å². The Kier molecular flexibility index (Phi) is 3.52. The molecule has 1 saturated heterocycles. The predicted octanol–water partition coefficient (Wildman–Crippen LogP) is 3.11. The highest BCUT2D eigenvalue weighted by Crippen LogP contribution is 2.30. The van der Waals surface area contributed by atoms with E-state index < -0.39 is 0 Å². The summed E-state index contributed by atoms with van der Waals surface area (Å²) in [6.07, 6.45) is 2.12. The fourth-order valence-electron chi connectivity index (χ4n) is 2.00.